The molecule has 2 aromatic carbocycles. The van der Waals surface area contributed by atoms with Crippen molar-refractivity contribution >= 4 is 10.9 Å². The number of aromatic amines is 1. The molecule has 1 atom stereocenters. The standard InChI is InChI=1S/C26H32N6O3/c1-18(2)24(25-28-29-30-32(25)12-13-34-3)31(16-19-8-6-5-7-9-19)17-21-14-20-15-22(35-4)10-11-23(20)27-26(21)33/h5-11,14-15,18,24H,12-13,16-17H2,1-4H3,(H,27,33)/t24-/m0/s1. The zero-order chi connectivity index (χ0) is 24.8. The Bertz CT molecular complexity index is 1300. The molecule has 35 heavy (non-hydrogen) atoms. The SMILES string of the molecule is COCCn1nnnc1[C@H](C(C)C)N(Cc1ccccc1)Cc1cc2cc(OC)ccc2[nH]c1=O. The Morgan fingerprint density at radius 2 is 1.86 bits per heavy atom. The number of benzene rings is 2. The highest BCUT2D eigenvalue weighted by molar-refractivity contribution is 5.80. The second-order valence-corrected chi connectivity index (χ2v) is 8.91. The van der Waals surface area contributed by atoms with Gasteiger partial charge in [-0.3, -0.25) is 9.69 Å². The zero-order valence-corrected chi connectivity index (χ0v) is 20.6. The summed E-state index contributed by atoms with van der Waals surface area (Å²) >= 11 is 0. The van der Waals surface area contributed by atoms with Crippen molar-refractivity contribution in [1.82, 2.24) is 30.1 Å². The van der Waals surface area contributed by atoms with Crippen LogP contribution in [0.15, 0.2) is 59.4 Å². The fourth-order valence-corrected chi connectivity index (χ4v) is 4.41. The highest BCUT2D eigenvalue weighted by Crippen LogP contribution is 2.30. The Morgan fingerprint density at radius 1 is 1.06 bits per heavy atom. The van der Waals surface area contributed by atoms with Crippen LogP contribution in [0.2, 0.25) is 0 Å². The third-order valence-electron chi connectivity index (χ3n) is 6.09. The van der Waals surface area contributed by atoms with Gasteiger partial charge >= 0.3 is 0 Å². The largest absolute Gasteiger partial charge is 0.497 e. The molecule has 1 N–H and O–H groups in total. The van der Waals surface area contributed by atoms with E-state index in [0.717, 1.165) is 28.0 Å². The van der Waals surface area contributed by atoms with Gasteiger partial charge in [-0.15, -0.1) is 5.10 Å². The van der Waals surface area contributed by atoms with Crippen LogP contribution in [-0.2, 0) is 24.4 Å². The van der Waals surface area contributed by atoms with Gasteiger partial charge in [0.2, 0.25) is 0 Å². The number of rotatable bonds is 11. The van der Waals surface area contributed by atoms with Crippen LogP contribution in [0.25, 0.3) is 10.9 Å². The average Bonchev–Trinajstić information content (AvgIpc) is 3.31. The molecular weight excluding hydrogens is 444 g/mol. The number of ether oxygens (including phenoxy) is 2. The van der Waals surface area contributed by atoms with E-state index in [1.165, 1.54) is 0 Å². The smallest absolute Gasteiger partial charge is 0.252 e. The van der Waals surface area contributed by atoms with Crippen molar-refractivity contribution in [2.24, 2.45) is 5.92 Å². The molecule has 9 nitrogen and oxygen atoms in total. The Hall–Kier alpha value is -3.56. The summed E-state index contributed by atoms with van der Waals surface area (Å²) < 4.78 is 12.4. The number of nitrogens with zero attached hydrogens (tertiary/aromatic N) is 5. The Labute approximate surface area is 204 Å². The summed E-state index contributed by atoms with van der Waals surface area (Å²) in [5, 5.41) is 13.5. The zero-order valence-electron chi connectivity index (χ0n) is 20.6. The average molecular weight is 477 g/mol. The van der Waals surface area contributed by atoms with Crippen LogP contribution < -0.4 is 10.3 Å². The topological polar surface area (TPSA) is 98.2 Å². The summed E-state index contributed by atoms with van der Waals surface area (Å²) in [5.41, 5.74) is 2.48. The first-order chi connectivity index (χ1) is 17.0. The van der Waals surface area contributed by atoms with E-state index in [2.05, 4.69) is 51.4 Å². The van der Waals surface area contributed by atoms with Crippen LogP contribution in [0.4, 0.5) is 0 Å². The molecule has 2 heterocycles. The van der Waals surface area contributed by atoms with Gasteiger partial charge in [0.25, 0.3) is 5.56 Å². The predicted molar refractivity (Wildman–Crippen MR) is 134 cm³/mol. The van der Waals surface area contributed by atoms with E-state index in [-0.39, 0.29) is 17.5 Å². The molecule has 0 aliphatic carbocycles. The maximum Gasteiger partial charge on any atom is 0.252 e. The number of nitrogens with one attached hydrogen (secondary N) is 1. The van der Waals surface area contributed by atoms with Gasteiger partial charge in [0.1, 0.15) is 5.75 Å². The summed E-state index contributed by atoms with van der Waals surface area (Å²) in [4.78, 5) is 18.4. The van der Waals surface area contributed by atoms with Crippen LogP contribution in [0.5, 0.6) is 5.75 Å². The molecule has 0 spiro atoms. The second-order valence-electron chi connectivity index (χ2n) is 8.91. The molecule has 0 saturated heterocycles. The van der Waals surface area contributed by atoms with E-state index < -0.39 is 0 Å². The van der Waals surface area contributed by atoms with Crippen molar-refractivity contribution in [1.29, 1.82) is 0 Å². The minimum absolute atomic E-state index is 0.109. The van der Waals surface area contributed by atoms with E-state index in [1.807, 2.05) is 42.5 Å². The van der Waals surface area contributed by atoms with Gasteiger partial charge in [-0.25, -0.2) is 4.68 Å². The van der Waals surface area contributed by atoms with Crippen LogP contribution in [0, 0.1) is 5.92 Å². The van der Waals surface area contributed by atoms with Gasteiger partial charge in [-0.1, -0.05) is 44.2 Å². The first-order valence-corrected chi connectivity index (χ1v) is 11.7. The first-order valence-electron chi connectivity index (χ1n) is 11.7. The van der Waals surface area contributed by atoms with Crippen molar-refractivity contribution in [3.8, 4) is 5.75 Å². The molecule has 4 aromatic rings. The molecule has 2 aromatic heterocycles. The fraction of sp³-hybridized carbons (Fsp3) is 0.385. The molecule has 0 aliphatic heterocycles. The number of tetrazole rings is 1. The van der Waals surface area contributed by atoms with Crippen molar-refractivity contribution in [3.05, 3.63) is 81.9 Å². The quantitative estimate of drug-likeness (QED) is 0.353. The minimum atomic E-state index is -0.123. The molecule has 0 radical (unpaired) electrons. The van der Waals surface area contributed by atoms with Gasteiger partial charge in [0, 0.05) is 36.7 Å². The molecule has 0 saturated carbocycles. The summed E-state index contributed by atoms with van der Waals surface area (Å²) in [6.07, 6.45) is 0. The molecule has 184 valence electrons. The van der Waals surface area contributed by atoms with Gasteiger partial charge in [-0.05, 0) is 46.2 Å². The lowest BCUT2D eigenvalue weighted by Gasteiger charge is -2.33. The van der Waals surface area contributed by atoms with E-state index >= 15 is 0 Å². The molecule has 0 aliphatic rings. The highest BCUT2D eigenvalue weighted by atomic mass is 16.5. The fourth-order valence-electron chi connectivity index (χ4n) is 4.41. The summed E-state index contributed by atoms with van der Waals surface area (Å²) in [5.74, 6) is 1.69. The first kappa shape index (κ1) is 24.6. The monoisotopic (exact) mass is 476 g/mol. The van der Waals surface area contributed by atoms with E-state index in [1.54, 1.807) is 18.9 Å². The lowest BCUT2D eigenvalue weighted by Crippen LogP contribution is -2.35. The molecule has 4 rings (SSSR count). The highest BCUT2D eigenvalue weighted by Gasteiger charge is 2.30. The van der Waals surface area contributed by atoms with Crippen molar-refractivity contribution in [3.63, 3.8) is 0 Å². The lowest BCUT2D eigenvalue weighted by atomic mass is 9.99. The van der Waals surface area contributed by atoms with Gasteiger partial charge in [0.05, 0.1) is 26.3 Å². The second kappa shape index (κ2) is 11.2. The maximum absolute atomic E-state index is 13.1. The normalized spacial score (nSPS) is 12.5. The molecule has 9 heteroatoms. The third-order valence-corrected chi connectivity index (χ3v) is 6.09. The van der Waals surface area contributed by atoms with Crippen LogP contribution in [0.1, 0.15) is 36.8 Å². The summed E-state index contributed by atoms with van der Waals surface area (Å²) in [7, 11) is 3.29. The van der Waals surface area contributed by atoms with Crippen molar-refractivity contribution in [2.45, 2.75) is 39.5 Å². The summed E-state index contributed by atoms with van der Waals surface area (Å²) in [6.45, 7) is 6.42. The van der Waals surface area contributed by atoms with E-state index in [0.29, 0.717) is 31.8 Å². The van der Waals surface area contributed by atoms with Crippen LogP contribution in [-0.4, -0.2) is 50.9 Å². The Balaban J connectivity index is 1.76. The molecule has 0 unspecified atom stereocenters. The molecule has 0 bridgehead atoms. The number of aromatic nitrogens is 5. The minimum Gasteiger partial charge on any atom is -0.497 e. The molecular formula is C26H32N6O3. The number of fused-ring (bicyclic) bond motifs is 1. The Kier molecular flexibility index (Phi) is 7.89. The van der Waals surface area contributed by atoms with Gasteiger partial charge in [0.15, 0.2) is 5.82 Å². The van der Waals surface area contributed by atoms with Crippen molar-refractivity contribution in [2.75, 3.05) is 20.8 Å². The number of H-pyrrole nitrogens is 1. The van der Waals surface area contributed by atoms with Gasteiger partial charge < -0.3 is 14.5 Å². The van der Waals surface area contributed by atoms with Crippen LogP contribution in [0.3, 0.4) is 0 Å². The number of hydrogen-bond acceptors (Lipinski definition) is 7. The van der Waals surface area contributed by atoms with Crippen molar-refractivity contribution < 1.29 is 9.47 Å². The van der Waals surface area contributed by atoms with E-state index in [4.69, 9.17) is 9.47 Å². The van der Waals surface area contributed by atoms with Crippen LogP contribution >= 0.6 is 0 Å². The maximum atomic E-state index is 13.1. The Morgan fingerprint density at radius 3 is 2.57 bits per heavy atom. The number of hydrogen-bond donors (Lipinski definition) is 1. The summed E-state index contributed by atoms with van der Waals surface area (Å²) in [6, 6.07) is 17.7. The third kappa shape index (κ3) is 5.75. The predicted octanol–water partition coefficient (Wildman–Crippen LogP) is 3.57. The van der Waals surface area contributed by atoms with E-state index in [9.17, 15) is 4.79 Å². The lowest BCUT2D eigenvalue weighted by molar-refractivity contribution is 0.121. The number of pyridine rings is 1. The van der Waals surface area contributed by atoms with Gasteiger partial charge in [-0.2, -0.15) is 0 Å². The molecule has 0 amide bonds. The number of methoxy groups -OCH3 is 2. The molecule has 0 fully saturated rings.